The molecule has 0 fully saturated rings. The first kappa shape index (κ1) is 12.1. The van der Waals surface area contributed by atoms with Gasteiger partial charge in [-0.15, -0.1) is 0 Å². The minimum atomic E-state index is -0.442. The number of benzene rings is 1. The Morgan fingerprint density at radius 1 is 1.39 bits per heavy atom. The molecule has 1 aromatic carbocycles. The molecule has 0 aliphatic rings. The second kappa shape index (κ2) is 4.87. The Labute approximate surface area is 104 Å². The summed E-state index contributed by atoms with van der Waals surface area (Å²) in [6, 6.07) is 4.56. The van der Waals surface area contributed by atoms with Gasteiger partial charge in [0.05, 0.1) is 7.11 Å². The van der Waals surface area contributed by atoms with E-state index in [1.807, 2.05) is 6.92 Å². The van der Waals surface area contributed by atoms with Crippen molar-refractivity contribution in [3.63, 3.8) is 0 Å². The maximum atomic E-state index is 13.5. The van der Waals surface area contributed by atoms with Gasteiger partial charge in [0.2, 0.25) is 5.95 Å². The third-order valence-electron chi connectivity index (χ3n) is 2.40. The molecule has 0 aliphatic carbocycles. The van der Waals surface area contributed by atoms with Crippen molar-refractivity contribution >= 4 is 17.5 Å². The van der Waals surface area contributed by atoms with Crippen LogP contribution in [0.4, 0.5) is 21.8 Å². The van der Waals surface area contributed by atoms with Crippen LogP contribution in [0.5, 0.6) is 5.75 Å². The Hall–Kier alpha value is -2.37. The van der Waals surface area contributed by atoms with Gasteiger partial charge < -0.3 is 15.8 Å². The zero-order chi connectivity index (χ0) is 13.1. The van der Waals surface area contributed by atoms with Crippen molar-refractivity contribution in [3.8, 4) is 5.75 Å². The number of aromatic nitrogens is 2. The Kier molecular flexibility index (Phi) is 3.27. The van der Waals surface area contributed by atoms with Crippen LogP contribution in [0.25, 0.3) is 0 Å². The molecule has 0 radical (unpaired) electrons. The highest BCUT2D eigenvalue weighted by Gasteiger charge is 2.06. The van der Waals surface area contributed by atoms with Crippen LogP contribution in [0.2, 0.25) is 0 Å². The van der Waals surface area contributed by atoms with Gasteiger partial charge in [0.15, 0.2) is 11.6 Å². The highest BCUT2D eigenvalue weighted by Crippen LogP contribution is 2.24. The van der Waals surface area contributed by atoms with E-state index >= 15 is 0 Å². The van der Waals surface area contributed by atoms with Gasteiger partial charge in [0.25, 0.3) is 0 Å². The maximum Gasteiger partial charge on any atom is 0.221 e. The molecule has 1 heterocycles. The highest BCUT2D eigenvalue weighted by atomic mass is 19.1. The van der Waals surface area contributed by atoms with Crippen molar-refractivity contribution in [2.45, 2.75) is 6.92 Å². The zero-order valence-corrected chi connectivity index (χ0v) is 10.1. The molecule has 0 saturated heterocycles. The van der Waals surface area contributed by atoms with Gasteiger partial charge in [0, 0.05) is 23.5 Å². The largest absolute Gasteiger partial charge is 0.494 e. The first-order valence-electron chi connectivity index (χ1n) is 5.30. The van der Waals surface area contributed by atoms with Gasteiger partial charge in [-0.05, 0) is 19.1 Å². The normalized spacial score (nSPS) is 10.2. The summed E-state index contributed by atoms with van der Waals surface area (Å²) in [5, 5.41) is 2.98. The standard InChI is InChI=1S/C12H13FN4O/c1-7-6-15-12(14)17-11(7)16-8-3-4-10(18-2)9(13)5-8/h3-6H,1-2H3,(H3,14,15,16,17). The summed E-state index contributed by atoms with van der Waals surface area (Å²) in [7, 11) is 1.42. The molecule has 5 nitrogen and oxygen atoms in total. The van der Waals surface area contributed by atoms with Crippen molar-refractivity contribution in [2.75, 3.05) is 18.2 Å². The molecular formula is C12H13FN4O. The summed E-state index contributed by atoms with van der Waals surface area (Å²) in [6.07, 6.45) is 1.60. The summed E-state index contributed by atoms with van der Waals surface area (Å²) in [5.41, 5.74) is 6.88. The van der Waals surface area contributed by atoms with Crippen molar-refractivity contribution in [1.82, 2.24) is 9.97 Å². The molecular weight excluding hydrogens is 235 g/mol. The molecule has 0 bridgehead atoms. The van der Waals surface area contributed by atoms with Crippen molar-refractivity contribution < 1.29 is 9.13 Å². The number of nitrogens with zero attached hydrogens (tertiary/aromatic N) is 2. The van der Waals surface area contributed by atoms with E-state index in [-0.39, 0.29) is 11.7 Å². The first-order valence-corrected chi connectivity index (χ1v) is 5.30. The van der Waals surface area contributed by atoms with E-state index in [2.05, 4.69) is 15.3 Å². The van der Waals surface area contributed by atoms with E-state index in [1.165, 1.54) is 19.2 Å². The average Bonchev–Trinajstić information content (AvgIpc) is 2.34. The van der Waals surface area contributed by atoms with Crippen LogP contribution in [0, 0.1) is 12.7 Å². The number of rotatable bonds is 3. The number of anilines is 3. The summed E-state index contributed by atoms with van der Waals surface area (Å²) in [5.74, 6) is 0.464. The molecule has 0 atom stereocenters. The Balaban J connectivity index is 2.28. The zero-order valence-electron chi connectivity index (χ0n) is 10.1. The molecule has 0 amide bonds. The number of methoxy groups -OCH3 is 1. The third kappa shape index (κ3) is 2.48. The summed E-state index contributed by atoms with van der Waals surface area (Å²) < 4.78 is 18.4. The number of ether oxygens (including phenoxy) is 1. The SMILES string of the molecule is COc1ccc(Nc2nc(N)ncc2C)cc1F. The van der Waals surface area contributed by atoms with Gasteiger partial charge in [-0.1, -0.05) is 0 Å². The van der Waals surface area contributed by atoms with Crippen LogP contribution in [0.3, 0.4) is 0 Å². The second-order valence-electron chi connectivity index (χ2n) is 3.73. The van der Waals surface area contributed by atoms with E-state index in [4.69, 9.17) is 10.5 Å². The predicted molar refractivity (Wildman–Crippen MR) is 67.4 cm³/mol. The lowest BCUT2D eigenvalue weighted by Gasteiger charge is -2.09. The molecule has 3 N–H and O–H groups in total. The monoisotopic (exact) mass is 248 g/mol. The molecule has 94 valence electrons. The molecule has 0 saturated carbocycles. The quantitative estimate of drug-likeness (QED) is 0.871. The summed E-state index contributed by atoms with van der Waals surface area (Å²) >= 11 is 0. The van der Waals surface area contributed by atoms with Crippen LogP contribution < -0.4 is 15.8 Å². The molecule has 6 heteroatoms. The fourth-order valence-corrected chi connectivity index (χ4v) is 1.46. The number of aryl methyl sites for hydroxylation is 1. The van der Waals surface area contributed by atoms with Crippen LogP contribution in [0.1, 0.15) is 5.56 Å². The lowest BCUT2D eigenvalue weighted by atomic mass is 10.2. The van der Waals surface area contributed by atoms with Crippen molar-refractivity contribution in [2.24, 2.45) is 0 Å². The predicted octanol–water partition coefficient (Wildman–Crippen LogP) is 2.26. The molecule has 2 rings (SSSR count). The minimum absolute atomic E-state index is 0.164. The van der Waals surface area contributed by atoms with Crippen molar-refractivity contribution in [1.29, 1.82) is 0 Å². The smallest absolute Gasteiger partial charge is 0.221 e. The van der Waals surface area contributed by atoms with Gasteiger partial charge >= 0.3 is 0 Å². The van der Waals surface area contributed by atoms with Crippen molar-refractivity contribution in [3.05, 3.63) is 35.8 Å². The fourth-order valence-electron chi connectivity index (χ4n) is 1.46. The highest BCUT2D eigenvalue weighted by molar-refractivity contribution is 5.60. The number of nitrogens with one attached hydrogen (secondary N) is 1. The average molecular weight is 248 g/mol. The van der Waals surface area contributed by atoms with Crippen LogP contribution in [-0.4, -0.2) is 17.1 Å². The lowest BCUT2D eigenvalue weighted by molar-refractivity contribution is 0.386. The van der Waals surface area contributed by atoms with E-state index in [0.717, 1.165) is 5.56 Å². The molecule has 18 heavy (non-hydrogen) atoms. The minimum Gasteiger partial charge on any atom is -0.494 e. The van der Waals surface area contributed by atoms with Crippen LogP contribution in [0.15, 0.2) is 24.4 Å². The number of halogens is 1. The Morgan fingerprint density at radius 2 is 2.17 bits per heavy atom. The molecule has 0 unspecified atom stereocenters. The molecule has 2 aromatic rings. The lowest BCUT2D eigenvalue weighted by Crippen LogP contribution is -2.02. The third-order valence-corrected chi connectivity index (χ3v) is 2.40. The fraction of sp³-hybridized carbons (Fsp3) is 0.167. The van der Waals surface area contributed by atoms with Crippen LogP contribution in [-0.2, 0) is 0 Å². The van der Waals surface area contributed by atoms with E-state index in [1.54, 1.807) is 12.3 Å². The first-order chi connectivity index (χ1) is 8.60. The van der Waals surface area contributed by atoms with Gasteiger partial charge in [-0.25, -0.2) is 9.37 Å². The number of hydrogen-bond donors (Lipinski definition) is 2. The Bertz CT molecular complexity index is 574. The Morgan fingerprint density at radius 3 is 2.83 bits per heavy atom. The molecule has 0 spiro atoms. The van der Waals surface area contributed by atoms with E-state index in [9.17, 15) is 4.39 Å². The second-order valence-corrected chi connectivity index (χ2v) is 3.73. The van der Waals surface area contributed by atoms with Gasteiger partial charge in [-0.2, -0.15) is 4.98 Å². The summed E-state index contributed by atoms with van der Waals surface area (Å²) in [6.45, 7) is 1.83. The van der Waals surface area contributed by atoms with Gasteiger partial charge in [0.1, 0.15) is 5.82 Å². The van der Waals surface area contributed by atoms with Crippen LogP contribution >= 0.6 is 0 Å². The van der Waals surface area contributed by atoms with E-state index < -0.39 is 5.82 Å². The summed E-state index contributed by atoms with van der Waals surface area (Å²) in [4.78, 5) is 7.90. The number of hydrogen-bond acceptors (Lipinski definition) is 5. The number of nitrogen functional groups attached to an aromatic ring is 1. The molecule has 0 aliphatic heterocycles. The topological polar surface area (TPSA) is 73.1 Å². The molecule has 1 aromatic heterocycles. The number of nitrogens with two attached hydrogens (primary N) is 1. The van der Waals surface area contributed by atoms with Gasteiger partial charge in [-0.3, -0.25) is 0 Å². The van der Waals surface area contributed by atoms with E-state index in [0.29, 0.717) is 11.5 Å². The maximum absolute atomic E-state index is 13.5.